The van der Waals surface area contributed by atoms with Crippen LogP contribution in [0.5, 0.6) is 11.5 Å². The van der Waals surface area contributed by atoms with Crippen LogP contribution in [0.15, 0.2) is 72.8 Å². The number of benzene rings is 3. The van der Waals surface area contributed by atoms with Gasteiger partial charge in [-0.3, -0.25) is 4.79 Å². The van der Waals surface area contributed by atoms with E-state index in [1.165, 1.54) is 0 Å². The molecule has 4 rings (SSSR count). The third-order valence-electron chi connectivity index (χ3n) is 5.18. The molecule has 7 heteroatoms. The van der Waals surface area contributed by atoms with E-state index in [0.717, 1.165) is 16.9 Å². The fraction of sp³-hybridized carbons (Fsp3) is 0.200. The van der Waals surface area contributed by atoms with Crippen molar-refractivity contribution in [3.05, 3.63) is 89.2 Å². The Labute approximate surface area is 191 Å². The van der Waals surface area contributed by atoms with Gasteiger partial charge in [0.2, 0.25) is 0 Å². The number of carbonyl (C=O) groups is 1. The molecule has 0 aliphatic heterocycles. The quantitative estimate of drug-likeness (QED) is 0.398. The molecule has 0 spiro atoms. The molecule has 1 amide bonds. The smallest absolute Gasteiger partial charge is 0.253 e. The monoisotopic (exact) mass is 449 g/mol. The van der Waals surface area contributed by atoms with Crippen molar-refractivity contribution in [3.63, 3.8) is 0 Å². The van der Waals surface area contributed by atoms with E-state index in [4.69, 9.17) is 26.1 Å². The largest absolute Gasteiger partial charge is 0.493 e. The first kappa shape index (κ1) is 21.7. The zero-order valence-electron chi connectivity index (χ0n) is 17.9. The maximum Gasteiger partial charge on any atom is 0.253 e. The van der Waals surface area contributed by atoms with E-state index in [-0.39, 0.29) is 11.9 Å². The highest BCUT2D eigenvalue weighted by Crippen LogP contribution is 2.26. The summed E-state index contributed by atoms with van der Waals surface area (Å²) in [6, 6.07) is 22.1. The van der Waals surface area contributed by atoms with Gasteiger partial charge in [0.1, 0.15) is 12.4 Å². The number of hydrogen-bond acceptors (Lipinski definition) is 4. The minimum Gasteiger partial charge on any atom is -0.493 e. The summed E-state index contributed by atoms with van der Waals surface area (Å²) in [6.07, 6.45) is 0. The van der Waals surface area contributed by atoms with E-state index in [9.17, 15) is 4.79 Å². The molecule has 1 N–H and O–H groups in total. The summed E-state index contributed by atoms with van der Waals surface area (Å²) in [7, 11) is 1.62. The molecule has 32 heavy (non-hydrogen) atoms. The first-order valence-electron chi connectivity index (χ1n) is 10.3. The van der Waals surface area contributed by atoms with Crippen LogP contribution in [0.2, 0.25) is 5.02 Å². The number of hydrogen-bond donors (Lipinski definition) is 1. The van der Waals surface area contributed by atoms with Crippen LogP contribution in [0.3, 0.4) is 0 Å². The Morgan fingerprint density at radius 2 is 1.72 bits per heavy atom. The molecule has 1 atom stereocenters. The number of ether oxygens (including phenoxy) is 2. The third kappa shape index (κ3) is 4.55. The number of halogens is 1. The number of rotatable bonds is 8. The highest BCUT2D eigenvalue weighted by molar-refractivity contribution is 6.33. The second kappa shape index (κ2) is 9.75. The predicted molar refractivity (Wildman–Crippen MR) is 126 cm³/mol. The Morgan fingerprint density at radius 3 is 2.50 bits per heavy atom. The van der Waals surface area contributed by atoms with Gasteiger partial charge in [-0.2, -0.15) is 0 Å². The van der Waals surface area contributed by atoms with Crippen molar-refractivity contribution in [2.75, 3.05) is 13.7 Å². The lowest BCUT2D eigenvalue weighted by Crippen LogP contribution is -2.29. The molecule has 1 unspecified atom stereocenters. The summed E-state index contributed by atoms with van der Waals surface area (Å²) < 4.78 is 13.4. The second-order valence-corrected chi connectivity index (χ2v) is 7.69. The van der Waals surface area contributed by atoms with Crippen LogP contribution in [-0.2, 0) is 6.54 Å². The molecule has 3 aromatic carbocycles. The van der Waals surface area contributed by atoms with Gasteiger partial charge in [0.25, 0.3) is 5.91 Å². The van der Waals surface area contributed by atoms with Gasteiger partial charge in [-0.05, 0) is 43.3 Å². The molecule has 6 nitrogen and oxygen atoms in total. The van der Waals surface area contributed by atoms with Crippen molar-refractivity contribution in [2.24, 2.45) is 0 Å². The fourth-order valence-electron chi connectivity index (χ4n) is 3.63. The average Bonchev–Trinajstić information content (AvgIpc) is 3.18. The van der Waals surface area contributed by atoms with E-state index < -0.39 is 0 Å². The molecular weight excluding hydrogens is 426 g/mol. The summed E-state index contributed by atoms with van der Waals surface area (Å²) in [4.78, 5) is 17.6. The number of methoxy groups -OCH3 is 1. The van der Waals surface area contributed by atoms with Crippen LogP contribution in [0.4, 0.5) is 0 Å². The average molecular weight is 450 g/mol. The minimum atomic E-state index is -0.336. The number of aromatic nitrogens is 2. The Bertz CT molecular complexity index is 1240. The summed E-state index contributed by atoms with van der Waals surface area (Å²) in [5, 5.41) is 3.43. The molecule has 164 valence electrons. The van der Waals surface area contributed by atoms with Gasteiger partial charge in [-0.1, -0.05) is 48.0 Å². The van der Waals surface area contributed by atoms with Crippen LogP contribution in [0.1, 0.15) is 29.1 Å². The second-order valence-electron chi connectivity index (χ2n) is 7.28. The van der Waals surface area contributed by atoms with Crippen LogP contribution < -0.4 is 14.8 Å². The van der Waals surface area contributed by atoms with Crippen molar-refractivity contribution in [1.82, 2.24) is 14.9 Å². The van der Waals surface area contributed by atoms with E-state index >= 15 is 0 Å². The molecule has 0 bridgehead atoms. The number of imidazole rings is 1. The van der Waals surface area contributed by atoms with Crippen molar-refractivity contribution in [1.29, 1.82) is 0 Å². The van der Waals surface area contributed by atoms with Crippen molar-refractivity contribution >= 4 is 28.5 Å². The number of nitrogens with zero attached hydrogens (tertiary/aromatic N) is 2. The topological polar surface area (TPSA) is 65.4 Å². The highest BCUT2D eigenvalue weighted by atomic mass is 35.5. The first-order valence-corrected chi connectivity index (χ1v) is 10.7. The van der Waals surface area contributed by atoms with Gasteiger partial charge in [-0.15, -0.1) is 0 Å². The van der Waals surface area contributed by atoms with Crippen LogP contribution in [0.25, 0.3) is 11.0 Å². The number of carbonyl (C=O) groups excluding carboxylic acids is 1. The van der Waals surface area contributed by atoms with Gasteiger partial charge in [0, 0.05) is 0 Å². The molecule has 0 radical (unpaired) electrons. The Kier molecular flexibility index (Phi) is 6.61. The maximum absolute atomic E-state index is 12.8. The van der Waals surface area contributed by atoms with Crippen molar-refractivity contribution in [3.8, 4) is 11.5 Å². The van der Waals surface area contributed by atoms with Gasteiger partial charge < -0.3 is 19.4 Å². The number of para-hydroxylation sites is 4. The van der Waals surface area contributed by atoms with Gasteiger partial charge >= 0.3 is 0 Å². The molecule has 0 fully saturated rings. The van der Waals surface area contributed by atoms with Crippen LogP contribution >= 0.6 is 11.6 Å². The van der Waals surface area contributed by atoms with Gasteiger partial charge in [0.15, 0.2) is 11.5 Å². The lowest BCUT2D eigenvalue weighted by atomic mass is 10.2. The van der Waals surface area contributed by atoms with Crippen LogP contribution in [0, 0.1) is 0 Å². The van der Waals surface area contributed by atoms with E-state index in [1.54, 1.807) is 31.4 Å². The van der Waals surface area contributed by atoms with Crippen LogP contribution in [-0.4, -0.2) is 29.2 Å². The molecule has 0 aliphatic carbocycles. The lowest BCUT2D eigenvalue weighted by molar-refractivity contribution is 0.0937. The van der Waals surface area contributed by atoms with Gasteiger partial charge in [-0.25, -0.2) is 4.98 Å². The summed E-state index contributed by atoms with van der Waals surface area (Å²) in [5.74, 6) is 1.87. The predicted octanol–water partition coefficient (Wildman–Crippen LogP) is 5.27. The lowest BCUT2D eigenvalue weighted by Gasteiger charge is -2.17. The van der Waals surface area contributed by atoms with E-state index in [0.29, 0.717) is 35.2 Å². The summed E-state index contributed by atoms with van der Waals surface area (Å²) in [5.41, 5.74) is 2.27. The Morgan fingerprint density at radius 1 is 1.03 bits per heavy atom. The Balaban J connectivity index is 1.56. The molecule has 4 aromatic rings. The zero-order valence-corrected chi connectivity index (χ0v) is 18.7. The molecule has 1 aromatic heterocycles. The molecule has 0 aliphatic rings. The van der Waals surface area contributed by atoms with Crippen molar-refractivity contribution < 1.29 is 14.3 Å². The first-order chi connectivity index (χ1) is 15.6. The van der Waals surface area contributed by atoms with Gasteiger partial charge in [0.05, 0.1) is 41.3 Å². The molecule has 1 heterocycles. The van der Waals surface area contributed by atoms with Crippen molar-refractivity contribution in [2.45, 2.75) is 19.5 Å². The molecule has 0 saturated carbocycles. The normalized spacial score (nSPS) is 11.8. The number of amides is 1. The minimum absolute atomic E-state index is 0.244. The summed E-state index contributed by atoms with van der Waals surface area (Å²) in [6.45, 7) is 2.88. The number of fused-ring (bicyclic) bond motifs is 1. The summed E-state index contributed by atoms with van der Waals surface area (Å²) >= 11 is 6.19. The van der Waals surface area contributed by atoms with E-state index in [2.05, 4.69) is 9.88 Å². The standard InChI is InChI=1S/C25H24ClN3O3/c1-17(27-25(30)18-9-3-4-10-19(18)26)24-28-20-11-5-6-12-21(20)29(24)15-16-32-23-14-8-7-13-22(23)31-2/h3-14,17H,15-16H2,1-2H3,(H,27,30). The SMILES string of the molecule is COc1ccccc1OCCn1c(C(C)NC(=O)c2ccccc2Cl)nc2ccccc21. The fourth-order valence-corrected chi connectivity index (χ4v) is 3.85. The number of nitrogens with one attached hydrogen (secondary N) is 1. The zero-order chi connectivity index (χ0) is 22.5. The molecule has 0 saturated heterocycles. The molecular formula is C25H24ClN3O3. The Hall–Kier alpha value is -3.51. The van der Waals surface area contributed by atoms with E-state index in [1.807, 2.05) is 55.5 Å². The maximum atomic E-state index is 12.8. The third-order valence-corrected chi connectivity index (χ3v) is 5.51. The highest BCUT2D eigenvalue weighted by Gasteiger charge is 2.20.